The predicted molar refractivity (Wildman–Crippen MR) is 130 cm³/mol. The average Bonchev–Trinajstić information content (AvgIpc) is 3.66. The van der Waals surface area contributed by atoms with E-state index in [9.17, 15) is 9.59 Å². The third-order valence-electron chi connectivity index (χ3n) is 6.87. The Kier molecular flexibility index (Phi) is 6.99. The molecule has 1 aromatic carbocycles. The molecular formula is C27H32N4O4. The van der Waals surface area contributed by atoms with Gasteiger partial charge in [0.2, 0.25) is 11.8 Å². The average molecular weight is 477 g/mol. The molecule has 35 heavy (non-hydrogen) atoms. The minimum Gasteiger partial charge on any atom is -0.446 e. The second-order valence-corrected chi connectivity index (χ2v) is 9.26. The van der Waals surface area contributed by atoms with Crippen LogP contribution in [0.3, 0.4) is 0 Å². The van der Waals surface area contributed by atoms with Crippen molar-refractivity contribution in [3.8, 4) is 0 Å². The second-order valence-electron chi connectivity index (χ2n) is 9.26. The highest BCUT2D eigenvalue weighted by Gasteiger charge is 2.25. The van der Waals surface area contributed by atoms with Gasteiger partial charge in [-0.05, 0) is 42.5 Å². The fraction of sp³-hybridized carbons (Fsp3) is 0.444. The van der Waals surface area contributed by atoms with E-state index in [2.05, 4.69) is 17.1 Å². The summed E-state index contributed by atoms with van der Waals surface area (Å²) in [5.41, 5.74) is 3.80. The quantitative estimate of drug-likeness (QED) is 0.496. The van der Waals surface area contributed by atoms with Crippen LogP contribution in [0.15, 0.2) is 53.3 Å². The minimum atomic E-state index is -0.112. The first-order valence-electron chi connectivity index (χ1n) is 12.4. The van der Waals surface area contributed by atoms with Gasteiger partial charge in [-0.25, -0.2) is 4.98 Å². The maximum absolute atomic E-state index is 13.1. The summed E-state index contributed by atoms with van der Waals surface area (Å²) in [6, 6.07) is 12.2. The number of amides is 2. The van der Waals surface area contributed by atoms with Crippen molar-refractivity contribution in [2.75, 3.05) is 19.7 Å². The van der Waals surface area contributed by atoms with Crippen LogP contribution in [-0.4, -0.2) is 57.0 Å². The largest absolute Gasteiger partial charge is 0.446 e. The Morgan fingerprint density at radius 2 is 2.03 bits per heavy atom. The van der Waals surface area contributed by atoms with Gasteiger partial charge in [0.15, 0.2) is 5.69 Å². The first kappa shape index (κ1) is 23.4. The van der Waals surface area contributed by atoms with Crippen molar-refractivity contribution in [2.24, 2.45) is 0 Å². The van der Waals surface area contributed by atoms with Crippen LogP contribution in [0, 0.1) is 0 Å². The molecule has 2 aliphatic heterocycles. The Morgan fingerprint density at radius 3 is 2.83 bits per heavy atom. The number of hydrogen-bond donors (Lipinski definition) is 0. The molecule has 1 atom stereocenters. The number of carbonyl (C=O) groups excluding carboxylic acids is 2. The van der Waals surface area contributed by atoms with Crippen LogP contribution in [0.2, 0.25) is 0 Å². The molecule has 0 N–H and O–H groups in total. The summed E-state index contributed by atoms with van der Waals surface area (Å²) in [4.78, 5) is 33.8. The van der Waals surface area contributed by atoms with E-state index < -0.39 is 0 Å². The van der Waals surface area contributed by atoms with E-state index in [-0.39, 0.29) is 17.9 Å². The van der Waals surface area contributed by atoms with Crippen molar-refractivity contribution >= 4 is 11.8 Å². The lowest BCUT2D eigenvalue weighted by Crippen LogP contribution is -2.37. The Morgan fingerprint density at radius 1 is 1.17 bits per heavy atom. The van der Waals surface area contributed by atoms with Crippen LogP contribution in [0.4, 0.5) is 0 Å². The lowest BCUT2D eigenvalue weighted by atomic mass is 10.00. The lowest BCUT2D eigenvalue weighted by molar-refractivity contribution is -0.133. The Hall–Kier alpha value is -3.39. The monoisotopic (exact) mass is 476 g/mol. The molecule has 0 saturated carbocycles. The van der Waals surface area contributed by atoms with Gasteiger partial charge < -0.3 is 23.5 Å². The first-order chi connectivity index (χ1) is 17.1. The first-order valence-corrected chi connectivity index (χ1v) is 12.4. The third-order valence-corrected chi connectivity index (χ3v) is 6.87. The Balaban J connectivity index is 1.24. The van der Waals surface area contributed by atoms with Gasteiger partial charge in [-0.1, -0.05) is 31.2 Å². The van der Waals surface area contributed by atoms with E-state index in [1.54, 1.807) is 0 Å². The fourth-order valence-electron chi connectivity index (χ4n) is 4.91. The van der Waals surface area contributed by atoms with Crippen molar-refractivity contribution in [3.05, 3.63) is 77.3 Å². The summed E-state index contributed by atoms with van der Waals surface area (Å²) < 4.78 is 13.4. The molecule has 3 aromatic rings. The molecule has 184 valence electrons. The number of fused-ring (bicyclic) bond motifs is 1. The van der Waals surface area contributed by atoms with Crippen LogP contribution in [0.1, 0.15) is 59.4 Å². The van der Waals surface area contributed by atoms with E-state index >= 15 is 0 Å². The van der Waals surface area contributed by atoms with Crippen molar-refractivity contribution in [2.45, 2.75) is 58.3 Å². The Bertz CT molecular complexity index is 1180. The summed E-state index contributed by atoms with van der Waals surface area (Å²) in [5.74, 6) is 0.467. The summed E-state index contributed by atoms with van der Waals surface area (Å²) in [5, 5.41) is 0. The number of benzene rings is 1. The lowest BCUT2D eigenvalue weighted by Gasteiger charge is -2.28. The molecule has 0 bridgehead atoms. The van der Waals surface area contributed by atoms with Gasteiger partial charge in [0.1, 0.15) is 6.26 Å². The maximum atomic E-state index is 13.1. The molecule has 2 amide bonds. The molecule has 8 nitrogen and oxygen atoms in total. The number of carbonyl (C=O) groups is 2. The van der Waals surface area contributed by atoms with Gasteiger partial charge in [-0.2, -0.15) is 0 Å². The van der Waals surface area contributed by atoms with E-state index in [1.165, 1.54) is 17.4 Å². The highest BCUT2D eigenvalue weighted by atomic mass is 16.5. The van der Waals surface area contributed by atoms with Crippen LogP contribution < -0.4 is 0 Å². The van der Waals surface area contributed by atoms with Crippen LogP contribution in [-0.2, 0) is 35.6 Å². The van der Waals surface area contributed by atoms with Gasteiger partial charge in [0.05, 0.1) is 19.2 Å². The standard InChI is InChI=1S/C27H32N4O4/c1-2-26(32)31(17-23-10-6-14-34-23)16-22-9-5-12-29(22)18-25-28-24(19-35-25)27(33)30-13-11-20-7-3-4-8-21(20)15-30/h3-5,7-9,12,19,23H,2,6,10-11,13-18H2,1H3. The minimum absolute atomic E-state index is 0.107. The number of ether oxygens (including phenoxy) is 1. The molecule has 1 fully saturated rings. The fourth-order valence-corrected chi connectivity index (χ4v) is 4.91. The maximum Gasteiger partial charge on any atom is 0.276 e. The van der Waals surface area contributed by atoms with Crippen LogP contribution in [0.5, 0.6) is 0 Å². The zero-order valence-electron chi connectivity index (χ0n) is 20.2. The molecule has 0 aliphatic carbocycles. The van der Waals surface area contributed by atoms with Gasteiger partial charge in [-0.15, -0.1) is 0 Å². The third kappa shape index (κ3) is 5.32. The van der Waals surface area contributed by atoms with E-state index in [0.717, 1.165) is 31.6 Å². The number of rotatable bonds is 8. The normalized spacial score (nSPS) is 17.4. The molecular weight excluding hydrogens is 444 g/mol. The summed E-state index contributed by atoms with van der Waals surface area (Å²) in [6.45, 7) is 5.41. The SMILES string of the molecule is CCC(=O)N(Cc1cccn1Cc1nc(C(=O)N2CCc3ccccc3C2)co1)CC1CCCO1. The topological polar surface area (TPSA) is 80.8 Å². The van der Waals surface area contributed by atoms with Crippen molar-refractivity contribution < 1.29 is 18.7 Å². The Labute approximate surface area is 205 Å². The number of aromatic nitrogens is 2. The van der Waals surface area contributed by atoms with Crippen LogP contribution in [0.25, 0.3) is 0 Å². The second kappa shape index (κ2) is 10.5. The molecule has 0 radical (unpaired) electrons. The molecule has 5 rings (SSSR count). The molecule has 1 saturated heterocycles. The van der Waals surface area contributed by atoms with Gasteiger partial charge in [0, 0.05) is 44.6 Å². The molecule has 2 aliphatic rings. The summed E-state index contributed by atoms with van der Waals surface area (Å²) >= 11 is 0. The van der Waals surface area contributed by atoms with E-state index in [0.29, 0.717) is 50.7 Å². The van der Waals surface area contributed by atoms with Crippen molar-refractivity contribution in [3.63, 3.8) is 0 Å². The van der Waals surface area contributed by atoms with E-state index in [1.807, 2.05) is 51.8 Å². The number of nitrogens with zero attached hydrogens (tertiary/aromatic N) is 4. The summed E-state index contributed by atoms with van der Waals surface area (Å²) in [7, 11) is 0. The van der Waals surface area contributed by atoms with Gasteiger partial charge in [-0.3, -0.25) is 9.59 Å². The molecule has 1 unspecified atom stereocenters. The van der Waals surface area contributed by atoms with Crippen molar-refractivity contribution in [1.29, 1.82) is 0 Å². The molecule has 0 spiro atoms. The van der Waals surface area contributed by atoms with Crippen molar-refractivity contribution in [1.82, 2.24) is 19.4 Å². The van der Waals surface area contributed by atoms with E-state index in [4.69, 9.17) is 9.15 Å². The number of hydrogen-bond acceptors (Lipinski definition) is 5. The zero-order valence-corrected chi connectivity index (χ0v) is 20.2. The van der Waals surface area contributed by atoms with Crippen LogP contribution >= 0.6 is 0 Å². The smallest absolute Gasteiger partial charge is 0.276 e. The van der Waals surface area contributed by atoms with Gasteiger partial charge >= 0.3 is 0 Å². The molecule has 4 heterocycles. The van der Waals surface area contributed by atoms with Gasteiger partial charge in [0.25, 0.3) is 5.91 Å². The number of oxazole rings is 1. The zero-order chi connectivity index (χ0) is 24.2. The highest BCUT2D eigenvalue weighted by Crippen LogP contribution is 2.21. The molecule has 8 heteroatoms. The molecule has 2 aromatic heterocycles. The predicted octanol–water partition coefficient (Wildman–Crippen LogP) is 3.64. The highest BCUT2D eigenvalue weighted by molar-refractivity contribution is 5.92. The summed E-state index contributed by atoms with van der Waals surface area (Å²) in [6.07, 6.45) is 6.84.